The van der Waals surface area contributed by atoms with Gasteiger partial charge in [-0.25, -0.2) is 9.97 Å². The van der Waals surface area contributed by atoms with Crippen LogP contribution in [0.2, 0.25) is 0 Å². The summed E-state index contributed by atoms with van der Waals surface area (Å²) in [5, 5.41) is -0.844. The van der Waals surface area contributed by atoms with Crippen LogP contribution >= 0.6 is 11.8 Å². The van der Waals surface area contributed by atoms with Crippen molar-refractivity contribution in [2.45, 2.75) is 23.5 Å². The van der Waals surface area contributed by atoms with Crippen molar-refractivity contribution in [2.24, 2.45) is 0 Å². The van der Waals surface area contributed by atoms with Crippen LogP contribution in [0.5, 0.6) is 0 Å². The highest BCUT2D eigenvalue weighted by atomic mass is 32.2. The molecule has 0 N–H and O–H groups in total. The number of nitrogens with zero attached hydrogens (tertiary/aromatic N) is 2. The molecule has 2 aromatic rings. The largest absolute Gasteiger partial charge is 0.468 e. The standard InChI is InChI=1S/C15H13F3N2O2S/c1-9(13(21)22-2)23-14-19-11(10-6-4-3-5-7-10)8-12(20-14)15(16,17)18/h3-9H,1-2H3. The molecule has 0 radical (unpaired) electrons. The van der Waals surface area contributed by atoms with E-state index >= 15 is 0 Å². The van der Waals surface area contributed by atoms with E-state index in [1.165, 1.54) is 14.0 Å². The molecule has 0 saturated heterocycles. The molecule has 0 aliphatic heterocycles. The zero-order valence-corrected chi connectivity index (χ0v) is 13.1. The molecule has 4 nitrogen and oxygen atoms in total. The maximum atomic E-state index is 13.0. The quantitative estimate of drug-likeness (QED) is 0.480. The van der Waals surface area contributed by atoms with Crippen LogP contribution in [0.15, 0.2) is 41.6 Å². The van der Waals surface area contributed by atoms with Crippen molar-refractivity contribution >= 4 is 17.7 Å². The maximum absolute atomic E-state index is 13.0. The number of carbonyl (C=O) groups is 1. The van der Waals surface area contributed by atoms with Gasteiger partial charge in [0, 0.05) is 5.56 Å². The predicted octanol–water partition coefficient (Wildman–Crippen LogP) is 3.82. The van der Waals surface area contributed by atoms with E-state index in [1.807, 2.05) is 0 Å². The number of rotatable bonds is 4. The minimum Gasteiger partial charge on any atom is -0.468 e. The zero-order valence-electron chi connectivity index (χ0n) is 12.3. The SMILES string of the molecule is COC(=O)C(C)Sc1nc(-c2ccccc2)cc(C(F)(F)F)n1. The van der Waals surface area contributed by atoms with Crippen molar-refractivity contribution in [3.63, 3.8) is 0 Å². The van der Waals surface area contributed by atoms with E-state index in [9.17, 15) is 18.0 Å². The van der Waals surface area contributed by atoms with Crippen molar-refractivity contribution in [3.8, 4) is 11.3 Å². The predicted molar refractivity (Wildman–Crippen MR) is 79.8 cm³/mol. The van der Waals surface area contributed by atoms with Gasteiger partial charge in [0.15, 0.2) is 5.16 Å². The lowest BCUT2D eigenvalue weighted by Crippen LogP contribution is -2.16. The van der Waals surface area contributed by atoms with Crippen LogP contribution in [0, 0.1) is 0 Å². The van der Waals surface area contributed by atoms with Gasteiger partial charge < -0.3 is 4.74 Å². The van der Waals surface area contributed by atoms with E-state index in [1.54, 1.807) is 30.3 Å². The van der Waals surface area contributed by atoms with Gasteiger partial charge in [-0.05, 0) is 13.0 Å². The lowest BCUT2D eigenvalue weighted by molar-refractivity contribution is -0.141. The summed E-state index contributed by atoms with van der Waals surface area (Å²) >= 11 is 0.819. The van der Waals surface area contributed by atoms with Gasteiger partial charge in [0.1, 0.15) is 10.9 Å². The number of alkyl halides is 3. The molecule has 0 aliphatic carbocycles. The van der Waals surface area contributed by atoms with Crippen LogP contribution in [0.3, 0.4) is 0 Å². The first-order valence-electron chi connectivity index (χ1n) is 6.57. The summed E-state index contributed by atoms with van der Waals surface area (Å²) in [7, 11) is 1.21. The smallest absolute Gasteiger partial charge is 0.433 e. The zero-order chi connectivity index (χ0) is 17.0. The van der Waals surface area contributed by atoms with Crippen LogP contribution in [-0.2, 0) is 15.7 Å². The molecule has 1 unspecified atom stereocenters. The molecule has 1 heterocycles. The van der Waals surface area contributed by atoms with Gasteiger partial charge in [0.2, 0.25) is 0 Å². The van der Waals surface area contributed by atoms with Gasteiger partial charge in [0.25, 0.3) is 0 Å². The van der Waals surface area contributed by atoms with Crippen LogP contribution < -0.4 is 0 Å². The molecule has 0 saturated carbocycles. The molecule has 122 valence electrons. The molecule has 0 aliphatic rings. The Bertz CT molecular complexity index is 693. The van der Waals surface area contributed by atoms with E-state index < -0.39 is 23.1 Å². The van der Waals surface area contributed by atoms with Gasteiger partial charge in [-0.2, -0.15) is 13.2 Å². The summed E-state index contributed by atoms with van der Waals surface area (Å²) in [6.07, 6.45) is -4.60. The molecule has 0 spiro atoms. The molecule has 0 amide bonds. The number of halogens is 3. The highest BCUT2D eigenvalue weighted by molar-refractivity contribution is 8.00. The summed E-state index contributed by atoms with van der Waals surface area (Å²) in [5.74, 6) is -0.558. The number of esters is 1. The lowest BCUT2D eigenvalue weighted by atomic mass is 10.1. The Kier molecular flexibility index (Phi) is 5.25. The Balaban J connectivity index is 2.44. The van der Waals surface area contributed by atoms with Gasteiger partial charge in [-0.15, -0.1) is 0 Å². The van der Waals surface area contributed by atoms with Gasteiger partial charge in [0.05, 0.1) is 12.8 Å². The lowest BCUT2D eigenvalue weighted by Gasteiger charge is -2.12. The molecule has 23 heavy (non-hydrogen) atoms. The molecule has 1 aromatic heterocycles. The van der Waals surface area contributed by atoms with E-state index in [-0.39, 0.29) is 10.9 Å². The fourth-order valence-corrected chi connectivity index (χ4v) is 2.56. The van der Waals surface area contributed by atoms with Gasteiger partial charge in [-0.1, -0.05) is 42.1 Å². The summed E-state index contributed by atoms with van der Waals surface area (Å²) in [5.41, 5.74) is -0.369. The summed E-state index contributed by atoms with van der Waals surface area (Å²) in [6.45, 7) is 1.52. The Labute approximate surface area is 135 Å². The topological polar surface area (TPSA) is 52.1 Å². The molecule has 0 fully saturated rings. The molecular formula is C15H13F3N2O2S. The third-order valence-corrected chi connectivity index (χ3v) is 3.82. The number of hydrogen-bond donors (Lipinski definition) is 0. The summed E-state index contributed by atoms with van der Waals surface area (Å²) in [6, 6.07) is 9.36. The Morgan fingerprint density at radius 3 is 2.43 bits per heavy atom. The van der Waals surface area contributed by atoms with Crippen LogP contribution in [-0.4, -0.2) is 28.3 Å². The van der Waals surface area contributed by atoms with E-state index in [0.717, 1.165) is 17.8 Å². The minimum absolute atomic E-state index is 0.128. The average molecular weight is 342 g/mol. The van der Waals surface area contributed by atoms with Gasteiger partial charge in [-0.3, -0.25) is 4.79 Å². The Hall–Kier alpha value is -2.09. The fraction of sp³-hybridized carbons (Fsp3) is 0.267. The highest BCUT2D eigenvalue weighted by Gasteiger charge is 2.34. The van der Waals surface area contributed by atoms with E-state index in [4.69, 9.17) is 0 Å². The molecule has 2 rings (SSSR count). The van der Waals surface area contributed by atoms with Crippen molar-refractivity contribution in [1.29, 1.82) is 0 Å². The third-order valence-electron chi connectivity index (χ3n) is 2.88. The number of thioether (sulfide) groups is 1. The second kappa shape index (κ2) is 6.99. The number of methoxy groups -OCH3 is 1. The van der Waals surface area contributed by atoms with Crippen LogP contribution in [0.25, 0.3) is 11.3 Å². The minimum atomic E-state index is -4.60. The van der Waals surface area contributed by atoms with Crippen LogP contribution in [0.1, 0.15) is 12.6 Å². The molecule has 1 aromatic carbocycles. The molecular weight excluding hydrogens is 329 g/mol. The average Bonchev–Trinajstić information content (AvgIpc) is 2.53. The highest BCUT2D eigenvalue weighted by Crippen LogP contribution is 2.32. The number of hydrogen-bond acceptors (Lipinski definition) is 5. The van der Waals surface area contributed by atoms with Crippen molar-refractivity contribution < 1.29 is 22.7 Å². The second-order valence-electron chi connectivity index (χ2n) is 4.57. The monoisotopic (exact) mass is 342 g/mol. The maximum Gasteiger partial charge on any atom is 0.433 e. The Morgan fingerprint density at radius 2 is 1.87 bits per heavy atom. The van der Waals surface area contributed by atoms with Crippen molar-refractivity contribution in [3.05, 3.63) is 42.1 Å². The van der Waals surface area contributed by atoms with E-state index in [0.29, 0.717) is 5.56 Å². The fourth-order valence-electron chi connectivity index (χ4n) is 1.75. The first-order chi connectivity index (χ1) is 10.8. The second-order valence-corrected chi connectivity index (χ2v) is 5.88. The summed E-state index contributed by atoms with van der Waals surface area (Å²) in [4.78, 5) is 19.1. The number of ether oxygens (including phenoxy) is 1. The number of carbonyl (C=O) groups excluding carboxylic acids is 1. The van der Waals surface area contributed by atoms with Crippen molar-refractivity contribution in [1.82, 2.24) is 9.97 Å². The first-order valence-corrected chi connectivity index (χ1v) is 7.45. The molecule has 8 heteroatoms. The molecule has 0 bridgehead atoms. The van der Waals surface area contributed by atoms with Gasteiger partial charge >= 0.3 is 12.1 Å². The van der Waals surface area contributed by atoms with Crippen LogP contribution in [0.4, 0.5) is 13.2 Å². The molecule has 1 atom stereocenters. The summed E-state index contributed by atoms with van der Waals surface area (Å²) < 4.78 is 43.7. The Morgan fingerprint density at radius 1 is 1.22 bits per heavy atom. The van der Waals surface area contributed by atoms with E-state index in [2.05, 4.69) is 14.7 Å². The number of aromatic nitrogens is 2. The normalized spacial score (nSPS) is 12.7. The van der Waals surface area contributed by atoms with Crippen molar-refractivity contribution in [2.75, 3.05) is 7.11 Å². The number of benzene rings is 1. The third kappa shape index (κ3) is 4.44. The first kappa shape index (κ1) is 17.3.